The van der Waals surface area contributed by atoms with Gasteiger partial charge in [-0.3, -0.25) is 5.43 Å². The molecule has 0 saturated carbocycles. The average molecular weight is 231 g/mol. The Morgan fingerprint density at radius 2 is 2.06 bits per heavy atom. The molecule has 0 aliphatic carbocycles. The molecule has 3 nitrogen and oxygen atoms in total. The lowest BCUT2D eigenvalue weighted by Gasteiger charge is -2.30. The van der Waals surface area contributed by atoms with Gasteiger partial charge in [-0.2, -0.15) is 0 Å². The summed E-state index contributed by atoms with van der Waals surface area (Å²) in [4.78, 5) is 0. The van der Waals surface area contributed by atoms with E-state index >= 15 is 0 Å². The first-order valence-corrected chi connectivity index (χ1v) is 6.55. The number of fused-ring (bicyclic) bond motifs is 3. The summed E-state index contributed by atoms with van der Waals surface area (Å²) in [6, 6.07) is 7.81. The van der Waals surface area contributed by atoms with E-state index in [0.29, 0.717) is 23.9 Å². The van der Waals surface area contributed by atoms with Crippen molar-refractivity contribution in [3.63, 3.8) is 0 Å². The monoisotopic (exact) mass is 231 g/mol. The van der Waals surface area contributed by atoms with Gasteiger partial charge in [-0.1, -0.05) is 26.0 Å². The number of hydrogen-bond acceptors (Lipinski definition) is 3. The van der Waals surface area contributed by atoms with Gasteiger partial charge in [0.15, 0.2) is 0 Å². The highest BCUT2D eigenvalue weighted by Gasteiger charge is 2.37. The Kier molecular flexibility index (Phi) is 2.60. The van der Waals surface area contributed by atoms with E-state index in [1.54, 1.807) is 0 Å². The summed E-state index contributed by atoms with van der Waals surface area (Å²) >= 11 is 0. The van der Waals surface area contributed by atoms with Gasteiger partial charge in [-0.15, -0.1) is 0 Å². The standard InChI is InChI=1S/C14H21N3/c1-8(2)10-4-5-13-11(6-10)14-12(7-15-13)9(3)16-17-14/h4-6,8-9,12,14-17H,7H2,1-3H3. The van der Waals surface area contributed by atoms with Crippen LogP contribution in [-0.4, -0.2) is 12.6 Å². The molecular weight excluding hydrogens is 210 g/mol. The third kappa shape index (κ3) is 1.74. The van der Waals surface area contributed by atoms with Crippen molar-refractivity contribution in [1.29, 1.82) is 0 Å². The number of rotatable bonds is 1. The Hall–Kier alpha value is -1.06. The highest BCUT2D eigenvalue weighted by molar-refractivity contribution is 5.57. The summed E-state index contributed by atoms with van der Waals surface area (Å²) in [7, 11) is 0. The number of benzene rings is 1. The van der Waals surface area contributed by atoms with Crippen molar-refractivity contribution in [2.24, 2.45) is 5.92 Å². The molecule has 1 saturated heterocycles. The van der Waals surface area contributed by atoms with Gasteiger partial charge in [0.05, 0.1) is 6.04 Å². The normalized spacial score (nSPS) is 30.9. The predicted molar refractivity (Wildman–Crippen MR) is 71.0 cm³/mol. The minimum absolute atomic E-state index is 0.458. The minimum Gasteiger partial charge on any atom is -0.384 e. The smallest absolute Gasteiger partial charge is 0.0543 e. The van der Waals surface area contributed by atoms with Crippen molar-refractivity contribution in [3.8, 4) is 0 Å². The molecule has 3 unspecified atom stereocenters. The molecule has 92 valence electrons. The molecule has 3 heteroatoms. The van der Waals surface area contributed by atoms with E-state index < -0.39 is 0 Å². The van der Waals surface area contributed by atoms with Gasteiger partial charge in [-0.25, -0.2) is 5.43 Å². The van der Waals surface area contributed by atoms with Gasteiger partial charge in [0, 0.05) is 24.2 Å². The summed E-state index contributed by atoms with van der Waals surface area (Å²) in [5, 5.41) is 3.55. The molecule has 2 aliphatic rings. The maximum absolute atomic E-state index is 3.55. The van der Waals surface area contributed by atoms with Crippen LogP contribution in [0, 0.1) is 5.92 Å². The lowest BCUT2D eigenvalue weighted by molar-refractivity contribution is 0.444. The van der Waals surface area contributed by atoms with Crippen molar-refractivity contribution >= 4 is 5.69 Å². The fraction of sp³-hybridized carbons (Fsp3) is 0.571. The second kappa shape index (κ2) is 4.00. The molecule has 1 aromatic rings. The molecule has 17 heavy (non-hydrogen) atoms. The Morgan fingerprint density at radius 1 is 1.24 bits per heavy atom. The highest BCUT2D eigenvalue weighted by atomic mass is 15.4. The minimum atomic E-state index is 0.458. The Morgan fingerprint density at radius 3 is 2.82 bits per heavy atom. The van der Waals surface area contributed by atoms with Gasteiger partial charge in [0.1, 0.15) is 0 Å². The maximum Gasteiger partial charge on any atom is 0.0543 e. The van der Waals surface area contributed by atoms with Crippen LogP contribution in [0.1, 0.15) is 43.9 Å². The molecule has 0 aromatic heterocycles. The average Bonchev–Trinajstić information content (AvgIpc) is 2.71. The zero-order chi connectivity index (χ0) is 12.0. The molecule has 0 radical (unpaired) electrons. The first-order chi connectivity index (χ1) is 8.16. The number of hydrogen-bond donors (Lipinski definition) is 3. The first kappa shape index (κ1) is 11.1. The molecule has 1 aromatic carbocycles. The van der Waals surface area contributed by atoms with Crippen LogP contribution in [0.5, 0.6) is 0 Å². The van der Waals surface area contributed by atoms with Crippen LogP contribution < -0.4 is 16.2 Å². The summed E-state index contributed by atoms with van der Waals surface area (Å²) in [5.41, 5.74) is 10.9. The number of hydrazine groups is 1. The lowest BCUT2D eigenvalue weighted by atomic mass is 9.84. The number of nitrogens with one attached hydrogen (secondary N) is 3. The van der Waals surface area contributed by atoms with E-state index in [4.69, 9.17) is 0 Å². The van der Waals surface area contributed by atoms with Crippen molar-refractivity contribution in [2.75, 3.05) is 11.9 Å². The summed E-state index contributed by atoms with van der Waals surface area (Å²) in [6.07, 6.45) is 0. The van der Waals surface area contributed by atoms with Gasteiger partial charge in [0.25, 0.3) is 0 Å². The second-order valence-electron chi connectivity index (χ2n) is 5.60. The SMILES string of the molecule is CC(C)c1ccc2c(c1)C1NNC(C)C1CN2. The van der Waals surface area contributed by atoms with Crippen molar-refractivity contribution in [3.05, 3.63) is 29.3 Å². The summed E-state index contributed by atoms with van der Waals surface area (Å²) < 4.78 is 0. The van der Waals surface area contributed by atoms with E-state index in [2.05, 4.69) is 55.1 Å². The van der Waals surface area contributed by atoms with E-state index in [-0.39, 0.29) is 0 Å². The van der Waals surface area contributed by atoms with Crippen LogP contribution in [0.2, 0.25) is 0 Å². The van der Waals surface area contributed by atoms with Gasteiger partial charge < -0.3 is 5.32 Å². The number of anilines is 1. The molecule has 2 aliphatic heterocycles. The third-order valence-corrected chi connectivity index (χ3v) is 4.14. The lowest BCUT2D eigenvalue weighted by Crippen LogP contribution is -2.32. The first-order valence-electron chi connectivity index (χ1n) is 6.55. The van der Waals surface area contributed by atoms with E-state index in [0.717, 1.165) is 6.54 Å². The molecule has 3 rings (SSSR count). The van der Waals surface area contributed by atoms with Crippen molar-refractivity contribution in [2.45, 2.75) is 38.8 Å². The van der Waals surface area contributed by atoms with Crippen LogP contribution in [-0.2, 0) is 0 Å². The molecule has 0 spiro atoms. The third-order valence-electron chi connectivity index (χ3n) is 4.14. The molecule has 3 atom stereocenters. The van der Waals surface area contributed by atoms with Gasteiger partial charge >= 0.3 is 0 Å². The molecule has 3 N–H and O–H groups in total. The summed E-state index contributed by atoms with van der Waals surface area (Å²) in [6.45, 7) is 7.80. The highest BCUT2D eigenvalue weighted by Crippen LogP contribution is 2.38. The molecular formula is C14H21N3. The van der Waals surface area contributed by atoms with E-state index in [1.165, 1.54) is 16.8 Å². The largest absolute Gasteiger partial charge is 0.384 e. The fourth-order valence-corrected chi connectivity index (χ4v) is 2.91. The Balaban J connectivity index is 2.00. The van der Waals surface area contributed by atoms with Crippen LogP contribution in [0.15, 0.2) is 18.2 Å². The zero-order valence-electron chi connectivity index (χ0n) is 10.7. The predicted octanol–water partition coefficient (Wildman–Crippen LogP) is 2.39. The topological polar surface area (TPSA) is 36.1 Å². The van der Waals surface area contributed by atoms with Crippen LogP contribution >= 0.6 is 0 Å². The van der Waals surface area contributed by atoms with Crippen molar-refractivity contribution < 1.29 is 0 Å². The quantitative estimate of drug-likeness (QED) is 0.694. The van der Waals surface area contributed by atoms with E-state index in [1.807, 2.05) is 0 Å². The van der Waals surface area contributed by atoms with Crippen LogP contribution in [0.4, 0.5) is 5.69 Å². The molecule has 2 heterocycles. The maximum atomic E-state index is 3.55. The Labute approximate surface area is 103 Å². The van der Waals surface area contributed by atoms with Crippen molar-refractivity contribution in [1.82, 2.24) is 10.9 Å². The Bertz CT molecular complexity index is 427. The van der Waals surface area contributed by atoms with Gasteiger partial charge in [-0.05, 0) is 30.0 Å². The van der Waals surface area contributed by atoms with Gasteiger partial charge in [0.2, 0.25) is 0 Å². The molecule has 0 amide bonds. The van der Waals surface area contributed by atoms with E-state index in [9.17, 15) is 0 Å². The fourth-order valence-electron chi connectivity index (χ4n) is 2.91. The second-order valence-corrected chi connectivity index (χ2v) is 5.60. The van der Waals surface area contributed by atoms with Crippen LogP contribution in [0.25, 0.3) is 0 Å². The summed E-state index contributed by atoms with van der Waals surface area (Å²) in [5.74, 6) is 1.23. The molecule has 0 bridgehead atoms. The van der Waals surface area contributed by atoms with Crippen LogP contribution in [0.3, 0.4) is 0 Å². The molecule has 1 fully saturated rings. The zero-order valence-corrected chi connectivity index (χ0v) is 10.7.